The molecule has 0 fully saturated rings. The molecular formula is C35H33F2N3O6S. The highest BCUT2D eigenvalue weighted by Crippen LogP contribution is 2.42. The number of benzene rings is 4. The van der Waals surface area contributed by atoms with Gasteiger partial charge in [-0.05, 0) is 79.6 Å². The number of carbonyl (C=O) groups is 2. The monoisotopic (exact) mass is 661 g/mol. The molecule has 3 N–H and O–H groups in total. The Morgan fingerprint density at radius 1 is 0.894 bits per heavy atom. The summed E-state index contributed by atoms with van der Waals surface area (Å²) in [5.74, 6) is -1.66. The SMILES string of the molecule is CNC(=O)c1c(-c2ccc(F)cc2)oc2cc(N(CCO)S(C)(=O)=O)c(-c3cccc(C(=O)NC(C)(C)c4ccc(F)cc4)c3)cc12. The van der Waals surface area contributed by atoms with Crippen LogP contribution in [0.25, 0.3) is 33.4 Å². The number of sulfonamides is 1. The topological polar surface area (TPSA) is 129 Å². The molecule has 47 heavy (non-hydrogen) atoms. The number of furan rings is 1. The molecule has 0 aliphatic carbocycles. The van der Waals surface area contributed by atoms with Gasteiger partial charge in [0, 0.05) is 35.2 Å². The van der Waals surface area contributed by atoms with Crippen molar-refractivity contribution in [2.45, 2.75) is 19.4 Å². The maximum Gasteiger partial charge on any atom is 0.255 e. The van der Waals surface area contributed by atoms with Crippen molar-refractivity contribution in [1.29, 1.82) is 0 Å². The van der Waals surface area contributed by atoms with Crippen molar-refractivity contribution in [2.75, 3.05) is 30.8 Å². The van der Waals surface area contributed by atoms with E-state index in [1.165, 1.54) is 49.5 Å². The number of hydrogen-bond donors (Lipinski definition) is 3. The number of rotatable bonds is 10. The van der Waals surface area contributed by atoms with Gasteiger partial charge in [0.1, 0.15) is 23.0 Å². The molecule has 0 aliphatic heterocycles. The van der Waals surface area contributed by atoms with Crippen LogP contribution in [0.2, 0.25) is 0 Å². The fourth-order valence-electron chi connectivity index (χ4n) is 5.40. The van der Waals surface area contributed by atoms with Crippen molar-refractivity contribution in [3.8, 4) is 22.5 Å². The van der Waals surface area contributed by atoms with Crippen LogP contribution in [0, 0.1) is 11.6 Å². The third kappa shape index (κ3) is 6.88. The molecule has 0 aliphatic rings. The Hall–Kier alpha value is -5.07. The van der Waals surface area contributed by atoms with Crippen LogP contribution < -0.4 is 14.9 Å². The number of nitrogens with zero attached hydrogens (tertiary/aromatic N) is 1. The largest absolute Gasteiger partial charge is 0.455 e. The van der Waals surface area contributed by atoms with Crippen molar-refractivity contribution in [1.82, 2.24) is 10.6 Å². The summed E-state index contributed by atoms with van der Waals surface area (Å²) in [7, 11) is -2.49. The first-order valence-corrected chi connectivity index (χ1v) is 16.4. The Labute approximate surface area is 270 Å². The lowest BCUT2D eigenvalue weighted by Crippen LogP contribution is -2.41. The quantitative estimate of drug-likeness (QED) is 0.173. The summed E-state index contributed by atoms with van der Waals surface area (Å²) >= 11 is 0. The minimum atomic E-state index is -3.94. The number of halogens is 2. The lowest BCUT2D eigenvalue weighted by atomic mass is 9.93. The predicted molar refractivity (Wildman–Crippen MR) is 177 cm³/mol. The Morgan fingerprint density at radius 2 is 1.53 bits per heavy atom. The number of amides is 2. The van der Waals surface area contributed by atoms with Crippen LogP contribution in [0.3, 0.4) is 0 Å². The molecule has 0 atom stereocenters. The van der Waals surface area contributed by atoms with Gasteiger partial charge in [0.05, 0.1) is 36.2 Å². The summed E-state index contributed by atoms with van der Waals surface area (Å²) < 4.78 is 60.4. The van der Waals surface area contributed by atoms with Crippen LogP contribution in [0.5, 0.6) is 0 Å². The molecule has 9 nitrogen and oxygen atoms in total. The second kappa shape index (κ2) is 13.0. The number of hydrogen-bond acceptors (Lipinski definition) is 6. The molecule has 2 amide bonds. The third-order valence-electron chi connectivity index (χ3n) is 7.77. The fraction of sp³-hybridized carbons (Fsp3) is 0.200. The predicted octanol–water partition coefficient (Wildman–Crippen LogP) is 5.83. The minimum absolute atomic E-state index is 0.140. The maximum absolute atomic E-state index is 13.7. The summed E-state index contributed by atoms with van der Waals surface area (Å²) in [5, 5.41) is 15.7. The molecule has 0 spiro atoms. The number of carbonyl (C=O) groups excluding carboxylic acids is 2. The van der Waals surface area contributed by atoms with E-state index >= 15 is 0 Å². The van der Waals surface area contributed by atoms with E-state index < -0.39 is 45.6 Å². The number of aliphatic hydroxyl groups excluding tert-OH is 1. The van der Waals surface area contributed by atoms with Gasteiger partial charge in [-0.15, -0.1) is 0 Å². The van der Waals surface area contributed by atoms with E-state index in [-0.39, 0.29) is 34.7 Å². The van der Waals surface area contributed by atoms with Gasteiger partial charge >= 0.3 is 0 Å². The van der Waals surface area contributed by atoms with Crippen molar-refractivity contribution in [3.05, 3.63) is 113 Å². The molecule has 1 heterocycles. The molecule has 1 aromatic heterocycles. The molecule has 0 unspecified atom stereocenters. The minimum Gasteiger partial charge on any atom is -0.455 e. The van der Waals surface area contributed by atoms with Crippen LogP contribution in [-0.4, -0.2) is 51.8 Å². The lowest BCUT2D eigenvalue weighted by Gasteiger charge is -2.27. The summed E-state index contributed by atoms with van der Waals surface area (Å²) in [6.07, 6.45) is 1.00. The summed E-state index contributed by atoms with van der Waals surface area (Å²) in [4.78, 5) is 26.8. The molecule has 0 radical (unpaired) electrons. The fourth-order valence-corrected chi connectivity index (χ4v) is 6.32. The van der Waals surface area contributed by atoms with Gasteiger partial charge in [0.2, 0.25) is 10.0 Å². The van der Waals surface area contributed by atoms with Crippen molar-refractivity contribution >= 4 is 38.5 Å². The van der Waals surface area contributed by atoms with Gasteiger partial charge in [-0.2, -0.15) is 0 Å². The molecular weight excluding hydrogens is 628 g/mol. The van der Waals surface area contributed by atoms with Crippen LogP contribution in [0.4, 0.5) is 14.5 Å². The average Bonchev–Trinajstić information content (AvgIpc) is 3.41. The van der Waals surface area contributed by atoms with E-state index in [2.05, 4.69) is 10.6 Å². The highest BCUT2D eigenvalue weighted by molar-refractivity contribution is 7.92. The first-order chi connectivity index (χ1) is 22.2. The van der Waals surface area contributed by atoms with Gasteiger partial charge in [-0.25, -0.2) is 17.2 Å². The van der Waals surface area contributed by atoms with E-state index in [9.17, 15) is 31.9 Å². The highest BCUT2D eigenvalue weighted by atomic mass is 32.2. The molecule has 0 saturated heterocycles. The first-order valence-electron chi connectivity index (χ1n) is 14.6. The van der Waals surface area contributed by atoms with Gasteiger partial charge < -0.3 is 20.2 Å². The number of anilines is 1. The molecule has 0 saturated carbocycles. The zero-order valence-electron chi connectivity index (χ0n) is 26.1. The van der Waals surface area contributed by atoms with Crippen molar-refractivity contribution in [3.63, 3.8) is 0 Å². The summed E-state index contributed by atoms with van der Waals surface area (Å²) in [5.41, 5.74) is 1.71. The Bertz CT molecular complexity index is 2080. The second-order valence-corrected chi connectivity index (χ2v) is 13.4. The molecule has 5 rings (SSSR count). The Kier molecular flexibility index (Phi) is 9.19. The maximum atomic E-state index is 13.7. The molecule has 244 valence electrons. The van der Waals surface area contributed by atoms with Gasteiger partial charge in [-0.1, -0.05) is 24.3 Å². The summed E-state index contributed by atoms with van der Waals surface area (Å²) in [6.45, 7) is 2.79. The molecule has 12 heteroatoms. The van der Waals surface area contributed by atoms with Crippen LogP contribution in [0.1, 0.15) is 40.1 Å². The van der Waals surface area contributed by atoms with Gasteiger partial charge in [0.25, 0.3) is 11.8 Å². The van der Waals surface area contributed by atoms with E-state index in [0.29, 0.717) is 27.6 Å². The van der Waals surface area contributed by atoms with E-state index in [1.54, 1.807) is 56.3 Å². The zero-order valence-corrected chi connectivity index (χ0v) is 26.9. The van der Waals surface area contributed by atoms with Crippen molar-refractivity contribution in [2.24, 2.45) is 0 Å². The Morgan fingerprint density at radius 3 is 2.13 bits per heavy atom. The normalized spacial score (nSPS) is 11.8. The van der Waals surface area contributed by atoms with Crippen LogP contribution in [0.15, 0.2) is 89.3 Å². The molecule has 0 bridgehead atoms. The van der Waals surface area contributed by atoms with Gasteiger partial charge in [0.15, 0.2) is 0 Å². The highest BCUT2D eigenvalue weighted by Gasteiger charge is 2.28. The van der Waals surface area contributed by atoms with E-state index in [0.717, 1.165) is 10.6 Å². The molecule has 4 aromatic carbocycles. The van der Waals surface area contributed by atoms with E-state index in [4.69, 9.17) is 4.42 Å². The van der Waals surface area contributed by atoms with Gasteiger partial charge in [-0.3, -0.25) is 13.9 Å². The number of aliphatic hydroxyl groups is 1. The Balaban J connectivity index is 1.70. The number of fused-ring (bicyclic) bond motifs is 1. The second-order valence-electron chi connectivity index (χ2n) is 11.5. The van der Waals surface area contributed by atoms with Crippen molar-refractivity contribution < 1.29 is 36.3 Å². The first kappa shape index (κ1) is 33.3. The van der Waals surface area contributed by atoms with E-state index in [1.807, 2.05) is 0 Å². The van der Waals surface area contributed by atoms with Crippen LogP contribution >= 0.6 is 0 Å². The summed E-state index contributed by atoms with van der Waals surface area (Å²) in [6, 6.07) is 20.8. The zero-order chi connectivity index (χ0) is 34.1. The standard InChI is InChI=1S/C35H33F2N3O6S/c1-35(2,24-10-14-26(37)15-11-24)39-33(42)23-7-5-6-22(18-23)27-19-28-30(20-29(27)40(16-17-41)47(4,44)45)46-32(31(28)34(43)38-3)21-8-12-25(36)13-9-21/h5-15,18-20,41H,16-17H2,1-4H3,(H,38,43)(H,39,42). The lowest BCUT2D eigenvalue weighted by molar-refractivity contribution is 0.0910. The average molecular weight is 662 g/mol. The third-order valence-corrected chi connectivity index (χ3v) is 8.95. The van der Waals surface area contributed by atoms with Crippen LogP contribution in [-0.2, 0) is 15.6 Å². The smallest absolute Gasteiger partial charge is 0.255 e. The molecule has 5 aromatic rings. The number of nitrogens with one attached hydrogen (secondary N) is 2.